The van der Waals surface area contributed by atoms with Crippen molar-refractivity contribution in [3.05, 3.63) is 0 Å². The lowest BCUT2D eigenvalue weighted by Crippen LogP contribution is -2.58. The summed E-state index contributed by atoms with van der Waals surface area (Å²) >= 11 is 0. The SMILES string of the molecule is CN[C@@H]1[C@@H](O)[C@H](O)OC[C@@H]1O. The van der Waals surface area contributed by atoms with Gasteiger partial charge >= 0.3 is 0 Å². The van der Waals surface area contributed by atoms with Crippen molar-refractivity contribution in [3.63, 3.8) is 0 Å². The molecule has 0 bridgehead atoms. The minimum absolute atomic E-state index is 0.0454. The van der Waals surface area contributed by atoms with Crippen LogP contribution in [0.2, 0.25) is 0 Å². The van der Waals surface area contributed by atoms with E-state index in [0.717, 1.165) is 0 Å². The Labute approximate surface area is 64.6 Å². The van der Waals surface area contributed by atoms with Crippen LogP contribution in [0.3, 0.4) is 0 Å². The summed E-state index contributed by atoms with van der Waals surface area (Å²) in [7, 11) is 1.61. The highest BCUT2D eigenvalue weighted by molar-refractivity contribution is 4.86. The first-order valence-corrected chi connectivity index (χ1v) is 3.50. The van der Waals surface area contributed by atoms with Crippen molar-refractivity contribution in [2.45, 2.75) is 24.5 Å². The van der Waals surface area contributed by atoms with Crippen LogP contribution in [0.15, 0.2) is 0 Å². The summed E-state index contributed by atoms with van der Waals surface area (Å²) in [5, 5.41) is 30.1. The van der Waals surface area contributed by atoms with Crippen LogP contribution in [-0.4, -0.2) is 53.5 Å². The average Bonchev–Trinajstić information content (AvgIpc) is 1.99. The van der Waals surface area contributed by atoms with E-state index in [0.29, 0.717) is 0 Å². The molecule has 0 aliphatic carbocycles. The molecule has 0 spiro atoms. The molecule has 0 aromatic heterocycles. The first-order chi connectivity index (χ1) is 5.16. The molecule has 0 radical (unpaired) electrons. The topological polar surface area (TPSA) is 82.0 Å². The Kier molecular flexibility index (Phi) is 2.80. The van der Waals surface area contributed by atoms with E-state index in [-0.39, 0.29) is 6.61 Å². The van der Waals surface area contributed by atoms with Crippen LogP contribution >= 0.6 is 0 Å². The Morgan fingerprint density at radius 3 is 2.45 bits per heavy atom. The first kappa shape index (κ1) is 8.89. The molecular formula is C6H13NO4. The molecule has 0 saturated carbocycles. The Hall–Kier alpha value is -0.200. The van der Waals surface area contributed by atoms with Gasteiger partial charge in [0.1, 0.15) is 6.10 Å². The van der Waals surface area contributed by atoms with Crippen LogP contribution in [0.1, 0.15) is 0 Å². The van der Waals surface area contributed by atoms with Gasteiger partial charge < -0.3 is 25.4 Å². The summed E-state index contributed by atoms with van der Waals surface area (Å²) in [4.78, 5) is 0. The molecule has 1 aliphatic heterocycles. The van der Waals surface area contributed by atoms with Gasteiger partial charge in [-0.15, -0.1) is 0 Å². The highest BCUT2D eigenvalue weighted by atomic mass is 16.6. The van der Waals surface area contributed by atoms with Gasteiger partial charge in [-0.3, -0.25) is 0 Å². The quantitative estimate of drug-likeness (QED) is 0.348. The zero-order valence-corrected chi connectivity index (χ0v) is 6.27. The molecule has 1 rings (SSSR count). The molecule has 4 N–H and O–H groups in total. The molecule has 11 heavy (non-hydrogen) atoms. The van der Waals surface area contributed by atoms with Gasteiger partial charge in [-0.25, -0.2) is 0 Å². The Balaban J connectivity index is 2.55. The van der Waals surface area contributed by atoms with Crippen molar-refractivity contribution in [2.75, 3.05) is 13.7 Å². The molecule has 5 heteroatoms. The number of likely N-dealkylation sites (N-methyl/N-ethyl adjacent to an activating group) is 1. The molecule has 0 aromatic carbocycles. The van der Waals surface area contributed by atoms with Crippen molar-refractivity contribution in [1.29, 1.82) is 0 Å². The third kappa shape index (κ3) is 1.69. The standard InChI is InChI=1S/C6H13NO4/c1-7-4-3(8)2-11-6(10)5(4)9/h3-10H,2H2,1H3/t3-,4-,5+,6+/m0/s1. The van der Waals surface area contributed by atoms with Crippen LogP contribution in [0.25, 0.3) is 0 Å². The largest absolute Gasteiger partial charge is 0.389 e. The van der Waals surface area contributed by atoms with Crippen molar-refractivity contribution in [2.24, 2.45) is 0 Å². The van der Waals surface area contributed by atoms with Crippen LogP contribution in [-0.2, 0) is 4.74 Å². The van der Waals surface area contributed by atoms with Crippen molar-refractivity contribution in [1.82, 2.24) is 5.32 Å². The zero-order valence-electron chi connectivity index (χ0n) is 6.27. The molecule has 1 aliphatic rings. The number of aliphatic hydroxyl groups excluding tert-OH is 3. The second-order valence-corrected chi connectivity index (χ2v) is 2.60. The number of aliphatic hydroxyl groups is 3. The highest BCUT2D eigenvalue weighted by Crippen LogP contribution is 2.12. The van der Waals surface area contributed by atoms with Gasteiger partial charge in [-0.1, -0.05) is 0 Å². The van der Waals surface area contributed by atoms with E-state index in [4.69, 9.17) is 5.11 Å². The second kappa shape index (κ2) is 3.46. The van der Waals surface area contributed by atoms with E-state index in [1.165, 1.54) is 0 Å². The zero-order chi connectivity index (χ0) is 8.43. The predicted octanol–water partition coefficient (Wildman–Crippen LogP) is -2.36. The fourth-order valence-corrected chi connectivity index (χ4v) is 1.17. The van der Waals surface area contributed by atoms with Gasteiger partial charge in [-0.2, -0.15) is 0 Å². The lowest BCUT2D eigenvalue weighted by molar-refractivity contribution is -0.223. The minimum atomic E-state index is -1.20. The summed E-state index contributed by atoms with van der Waals surface area (Å²) in [5.74, 6) is 0. The van der Waals surface area contributed by atoms with Crippen LogP contribution < -0.4 is 5.32 Å². The molecule has 0 amide bonds. The highest BCUT2D eigenvalue weighted by Gasteiger charge is 2.36. The molecule has 1 fully saturated rings. The summed E-state index contributed by atoms with van der Waals surface area (Å²) in [6.45, 7) is 0.0454. The van der Waals surface area contributed by atoms with Gasteiger partial charge in [0.05, 0.1) is 18.8 Å². The van der Waals surface area contributed by atoms with Crippen LogP contribution in [0, 0.1) is 0 Å². The number of hydrogen-bond donors (Lipinski definition) is 4. The van der Waals surface area contributed by atoms with Gasteiger partial charge in [0.25, 0.3) is 0 Å². The summed E-state index contributed by atoms with van der Waals surface area (Å²) in [6.07, 6.45) is -3.03. The van der Waals surface area contributed by atoms with Crippen molar-refractivity contribution < 1.29 is 20.1 Å². The van der Waals surface area contributed by atoms with E-state index >= 15 is 0 Å². The number of hydrogen-bond acceptors (Lipinski definition) is 5. The molecule has 4 atom stereocenters. The molecule has 0 aromatic rings. The molecule has 66 valence electrons. The van der Waals surface area contributed by atoms with Gasteiger partial charge in [0.2, 0.25) is 0 Å². The Morgan fingerprint density at radius 2 is 2.00 bits per heavy atom. The number of ether oxygens (including phenoxy) is 1. The first-order valence-electron chi connectivity index (χ1n) is 3.50. The smallest absolute Gasteiger partial charge is 0.182 e. The summed E-state index contributed by atoms with van der Waals surface area (Å²) < 4.78 is 4.65. The van der Waals surface area contributed by atoms with E-state index in [9.17, 15) is 10.2 Å². The monoisotopic (exact) mass is 163 g/mol. The maximum absolute atomic E-state index is 9.21. The fourth-order valence-electron chi connectivity index (χ4n) is 1.17. The Morgan fingerprint density at radius 1 is 1.36 bits per heavy atom. The lowest BCUT2D eigenvalue weighted by atomic mass is 10.0. The lowest BCUT2D eigenvalue weighted by Gasteiger charge is -2.35. The van der Waals surface area contributed by atoms with Gasteiger partial charge in [0, 0.05) is 0 Å². The van der Waals surface area contributed by atoms with E-state index in [1.54, 1.807) is 7.05 Å². The fraction of sp³-hybridized carbons (Fsp3) is 1.00. The van der Waals surface area contributed by atoms with Gasteiger partial charge in [-0.05, 0) is 7.05 Å². The van der Waals surface area contributed by atoms with Crippen molar-refractivity contribution in [3.8, 4) is 0 Å². The molecule has 0 unspecified atom stereocenters. The van der Waals surface area contributed by atoms with E-state index in [2.05, 4.69) is 10.1 Å². The number of nitrogens with one attached hydrogen (secondary N) is 1. The second-order valence-electron chi connectivity index (χ2n) is 2.60. The third-order valence-corrected chi connectivity index (χ3v) is 1.85. The van der Waals surface area contributed by atoms with Crippen LogP contribution in [0.5, 0.6) is 0 Å². The van der Waals surface area contributed by atoms with E-state index in [1.807, 2.05) is 0 Å². The summed E-state index contributed by atoms with van der Waals surface area (Å²) in [5.41, 5.74) is 0. The minimum Gasteiger partial charge on any atom is -0.389 e. The summed E-state index contributed by atoms with van der Waals surface area (Å²) in [6, 6.07) is -0.515. The molecule has 5 nitrogen and oxygen atoms in total. The number of rotatable bonds is 1. The third-order valence-electron chi connectivity index (χ3n) is 1.85. The van der Waals surface area contributed by atoms with Gasteiger partial charge in [0.15, 0.2) is 6.29 Å². The van der Waals surface area contributed by atoms with Crippen molar-refractivity contribution >= 4 is 0 Å². The molecule has 1 saturated heterocycles. The Bertz CT molecular complexity index is 132. The van der Waals surface area contributed by atoms with Crippen LogP contribution in [0.4, 0.5) is 0 Å². The normalized spacial score (nSPS) is 45.8. The maximum atomic E-state index is 9.21. The van der Waals surface area contributed by atoms with E-state index < -0.39 is 24.5 Å². The molecule has 1 heterocycles. The predicted molar refractivity (Wildman–Crippen MR) is 36.8 cm³/mol. The average molecular weight is 163 g/mol. The molecular weight excluding hydrogens is 150 g/mol. The maximum Gasteiger partial charge on any atom is 0.182 e.